The SMILES string of the molecule is O=C(CSc1nnc(-c2ccccc2)c(-c2ccccc2)n1)NCCCc1ccccc1. The number of thioether (sulfide) groups is 1. The van der Waals surface area contributed by atoms with E-state index in [1.54, 1.807) is 0 Å². The maximum absolute atomic E-state index is 12.3. The van der Waals surface area contributed by atoms with E-state index in [2.05, 4.69) is 27.6 Å². The molecule has 0 fully saturated rings. The summed E-state index contributed by atoms with van der Waals surface area (Å²) in [5, 5.41) is 12.2. The lowest BCUT2D eigenvalue weighted by molar-refractivity contribution is -0.118. The van der Waals surface area contributed by atoms with E-state index in [-0.39, 0.29) is 11.7 Å². The average Bonchev–Trinajstić information content (AvgIpc) is 2.87. The van der Waals surface area contributed by atoms with Gasteiger partial charge in [-0.3, -0.25) is 4.79 Å². The average molecular weight is 441 g/mol. The normalized spacial score (nSPS) is 10.6. The Balaban J connectivity index is 1.38. The highest BCUT2D eigenvalue weighted by Gasteiger charge is 2.14. The quantitative estimate of drug-likeness (QED) is 0.291. The highest BCUT2D eigenvalue weighted by atomic mass is 32.2. The predicted octanol–water partition coefficient (Wildman–Crippen LogP) is 5.05. The zero-order chi connectivity index (χ0) is 22.0. The number of amides is 1. The lowest BCUT2D eigenvalue weighted by atomic mass is 10.0. The monoisotopic (exact) mass is 440 g/mol. The number of nitrogens with one attached hydrogen (secondary N) is 1. The minimum atomic E-state index is -0.0277. The zero-order valence-corrected chi connectivity index (χ0v) is 18.5. The van der Waals surface area contributed by atoms with Gasteiger partial charge in [-0.1, -0.05) is 103 Å². The Morgan fingerprint density at radius 2 is 1.34 bits per heavy atom. The molecule has 1 N–H and O–H groups in total. The van der Waals surface area contributed by atoms with Gasteiger partial charge < -0.3 is 5.32 Å². The summed E-state index contributed by atoms with van der Waals surface area (Å²) in [6, 6.07) is 30.1. The third kappa shape index (κ3) is 6.02. The largest absolute Gasteiger partial charge is 0.355 e. The van der Waals surface area contributed by atoms with Crippen molar-refractivity contribution >= 4 is 17.7 Å². The molecule has 5 nitrogen and oxygen atoms in total. The van der Waals surface area contributed by atoms with E-state index in [9.17, 15) is 4.79 Å². The van der Waals surface area contributed by atoms with E-state index in [0.717, 1.165) is 35.4 Å². The van der Waals surface area contributed by atoms with E-state index in [0.29, 0.717) is 11.7 Å². The molecule has 0 aliphatic heterocycles. The summed E-state index contributed by atoms with van der Waals surface area (Å²) < 4.78 is 0. The maximum Gasteiger partial charge on any atom is 0.230 e. The Labute approximate surface area is 192 Å². The molecule has 0 unspecified atom stereocenters. The first-order valence-corrected chi connectivity index (χ1v) is 11.6. The Hall–Kier alpha value is -3.51. The molecule has 1 heterocycles. The van der Waals surface area contributed by atoms with Crippen LogP contribution in [0.2, 0.25) is 0 Å². The minimum absolute atomic E-state index is 0.0277. The molecule has 1 amide bonds. The fraction of sp³-hybridized carbons (Fsp3) is 0.154. The molecule has 0 bridgehead atoms. The maximum atomic E-state index is 12.3. The first kappa shape index (κ1) is 21.7. The van der Waals surface area contributed by atoms with E-state index in [1.807, 2.05) is 78.9 Å². The van der Waals surface area contributed by atoms with Gasteiger partial charge in [-0.05, 0) is 18.4 Å². The molecule has 4 rings (SSSR count). The van der Waals surface area contributed by atoms with Crippen LogP contribution < -0.4 is 5.32 Å². The van der Waals surface area contributed by atoms with Crippen molar-refractivity contribution in [1.82, 2.24) is 20.5 Å². The summed E-state index contributed by atoms with van der Waals surface area (Å²) in [5.74, 6) is 0.228. The van der Waals surface area contributed by atoms with Gasteiger partial charge in [0.05, 0.1) is 5.75 Å². The van der Waals surface area contributed by atoms with Gasteiger partial charge in [0.15, 0.2) is 0 Å². The molecule has 4 aromatic rings. The molecule has 0 aliphatic carbocycles. The van der Waals surface area contributed by atoms with Gasteiger partial charge in [0, 0.05) is 17.7 Å². The molecule has 3 aromatic carbocycles. The molecule has 1 aromatic heterocycles. The van der Waals surface area contributed by atoms with Crippen molar-refractivity contribution < 1.29 is 4.79 Å². The van der Waals surface area contributed by atoms with Crippen molar-refractivity contribution in [3.8, 4) is 22.5 Å². The summed E-state index contributed by atoms with van der Waals surface area (Å²) in [5.41, 5.74) is 4.69. The standard InChI is InChI=1S/C26H24N4OS/c31-23(27-18-10-13-20-11-4-1-5-12-20)19-32-26-28-24(21-14-6-2-7-15-21)25(29-30-26)22-16-8-3-9-17-22/h1-9,11-12,14-17H,10,13,18-19H2,(H,27,31). The van der Waals surface area contributed by atoms with E-state index in [1.165, 1.54) is 17.3 Å². The molecule has 160 valence electrons. The first-order valence-electron chi connectivity index (χ1n) is 10.6. The molecule has 0 saturated carbocycles. The second kappa shape index (κ2) is 11.2. The van der Waals surface area contributed by atoms with Gasteiger partial charge in [0.1, 0.15) is 11.4 Å². The van der Waals surface area contributed by atoms with Crippen molar-refractivity contribution in [2.75, 3.05) is 12.3 Å². The van der Waals surface area contributed by atoms with Gasteiger partial charge >= 0.3 is 0 Å². The van der Waals surface area contributed by atoms with Crippen LogP contribution in [0.4, 0.5) is 0 Å². The second-order valence-electron chi connectivity index (χ2n) is 7.25. The van der Waals surface area contributed by atoms with Crippen LogP contribution in [0.5, 0.6) is 0 Å². The van der Waals surface area contributed by atoms with Crippen LogP contribution in [0.25, 0.3) is 22.5 Å². The third-order valence-electron chi connectivity index (χ3n) is 4.90. The molecule has 0 spiro atoms. The number of carbonyl (C=O) groups excluding carboxylic acids is 1. The first-order chi connectivity index (χ1) is 15.8. The van der Waals surface area contributed by atoms with Gasteiger partial charge in [-0.2, -0.15) is 0 Å². The molecular weight excluding hydrogens is 416 g/mol. The minimum Gasteiger partial charge on any atom is -0.355 e. The zero-order valence-electron chi connectivity index (χ0n) is 17.6. The smallest absolute Gasteiger partial charge is 0.230 e. The summed E-state index contributed by atoms with van der Waals surface area (Å²) in [7, 11) is 0. The number of benzene rings is 3. The van der Waals surface area contributed by atoms with Crippen LogP contribution in [0.15, 0.2) is 96.2 Å². The van der Waals surface area contributed by atoms with Crippen LogP contribution >= 0.6 is 11.8 Å². The number of aromatic nitrogens is 3. The van der Waals surface area contributed by atoms with Crippen LogP contribution in [0, 0.1) is 0 Å². The molecule has 0 aliphatic rings. The van der Waals surface area contributed by atoms with Crippen molar-refractivity contribution in [2.45, 2.75) is 18.0 Å². The second-order valence-corrected chi connectivity index (χ2v) is 8.19. The fourth-order valence-corrected chi connectivity index (χ4v) is 3.92. The molecule has 6 heteroatoms. The summed E-state index contributed by atoms with van der Waals surface area (Å²) in [4.78, 5) is 17.0. The third-order valence-corrected chi connectivity index (χ3v) is 5.74. The Kier molecular flexibility index (Phi) is 7.60. The Bertz CT molecular complexity index is 1140. The van der Waals surface area contributed by atoms with Crippen molar-refractivity contribution in [3.63, 3.8) is 0 Å². The van der Waals surface area contributed by atoms with Gasteiger partial charge in [-0.25, -0.2) is 4.98 Å². The van der Waals surface area contributed by atoms with Crippen LogP contribution in [0.1, 0.15) is 12.0 Å². The number of rotatable bonds is 9. The highest BCUT2D eigenvalue weighted by molar-refractivity contribution is 7.99. The van der Waals surface area contributed by atoms with Gasteiger partial charge in [-0.15, -0.1) is 10.2 Å². The summed E-state index contributed by atoms with van der Waals surface area (Å²) in [6.45, 7) is 0.648. The summed E-state index contributed by atoms with van der Waals surface area (Å²) >= 11 is 1.30. The fourth-order valence-electron chi connectivity index (χ4n) is 3.31. The number of carbonyl (C=O) groups is 1. The summed E-state index contributed by atoms with van der Waals surface area (Å²) in [6.07, 6.45) is 1.85. The molecule has 0 atom stereocenters. The topological polar surface area (TPSA) is 67.8 Å². The van der Waals surface area contributed by atoms with E-state index < -0.39 is 0 Å². The predicted molar refractivity (Wildman–Crippen MR) is 129 cm³/mol. The lowest BCUT2D eigenvalue weighted by Crippen LogP contribution is -2.26. The number of hydrogen-bond donors (Lipinski definition) is 1. The van der Waals surface area contributed by atoms with Crippen molar-refractivity contribution in [3.05, 3.63) is 96.6 Å². The number of hydrogen-bond acceptors (Lipinski definition) is 5. The highest BCUT2D eigenvalue weighted by Crippen LogP contribution is 2.29. The number of aryl methyl sites for hydroxylation is 1. The van der Waals surface area contributed by atoms with E-state index >= 15 is 0 Å². The Morgan fingerprint density at radius 1 is 0.750 bits per heavy atom. The van der Waals surface area contributed by atoms with Crippen LogP contribution in [0.3, 0.4) is 0 Å². The van der Waals surface area contributed by atoms with Gasteiger partial charge in [0.25, 0.3) is 0 Å². The van der Waals surface area contributed by atoms with Gasteiger partial charge in [0.2, 0.25) is 11.1 Å². The molecule has 32 heavy (non-hydrogen) atoms. The Morgan fingerprint density at radius 3 is 2.00 bits per heavy atom. The van der Waals surface area contributed by atoms with Crippen LogP contribution in [-0.4, -0.2) is 33.4 Å². The van der Waals surface area contributed by atoms with Crippen LogP contribution in [-0.2, 0) is 11.2 Å². The molecule has 0 radical (unpaired) electrons. The van der Waals surface area contributed by atoms with E-state index in [4.69, 9.17) is 4.98 Å². The van der Waals surface area contributed by atoms with Crippen molar-refractivity contribution in [1.29, 1.82) is 0 Å². The lowest BCUT2D eigenvalue weighted by Gasteiger charge is -2.09. The molecule has 0 saturated heterocycles. The number of nitrogens with zero attached hydrogens (tertiary/aromatic N) is 3. The molecular formula is C26H24N4OS. The van der Waals surface area contributed by atoms with Crippen molar-refractivity contribution in [2.24, 2.45) is 0 Å².